The van der Waals surface area contributed by atoms with E-state index in [1.54, 1.807) is 11.3 Å². The molecule has 1 aromatic rings. The van der Waals surface area contributed by atoms with Crippen LogP contribution in [0.15, 0.2) is 4.99 Å². The largest absolute Gasteiger partial charge is 0.396 e. The Labute approximate surface area is 178 Å². The first kappa shape index (κ1) is 23.6. The van der Waals surface area contributed by atoms with Gasteiger partial charge in [-0.2, -0.15) is 0 Å². The van der Waals surface area contributed by atoms with Gasteiger partial charge in [-0.3, -0.25) is 4.99 Å². The SMILES string of the molecule is CCNC(=NCC1(CCO)CCOC1)NCCc1nc(CC)c(C)s1.I. The standard InChI is InChI=1S/C18H32N4O2S.HI/c1-4-15-14(3)25-16(22-15)6-9-20-17(19-5-2)21-12-18(7-10-23)8-11-24-13-18;/h23H,4-13H2,1-3H3,(H2,19,20,21);1H. The van der Waals surface area contributed by atoms with E-state index in [1.807, 2.05) is 0 Å². The van der Waals surface area contributed by atoms with Gasteiger partial charge in [-0.25, -0.2) is 4.98 Å². The summed E-state index contributed by atoms with van der Waals surface area (Å²) in [5.74, 6) is 0.829. The minimum atomic E-state index is -0.0143. The Morgan fingerprint density at radius 1 is 1.38 bits per heavy atom. The molecule has 150 valence electrons. The fraction of sp³-hybridized carbons (Fsp3) is 0.778. The Hall–Kier alpha value is -0.450. The maximum atomic E-state index is 9.33. The zero-order valence-corrected chi connectivity index (χ0v) is 19.3. The number of ether oxygens (including phenoxy) is 1. The lowest BCUT2D eigenvalue weighted by Crippen LogP contribution is -2.39. The molecule has 3 N–H and O–H groups in total. The highest BCUT2D eigenvalue weighted by Gasteiger charge is 2.34. The number of rotatable bonds is 9. The van der Waals surface area contributed by atoms with E-state index in [-0.39, 0.29) is 36.0 Å². The Balaban J connectivity index is 0.00000338. The number of thiazole rings is 1. The summed E-state index contributed by atoms with van der Waals surface area (Å²) >= 11 is 1.79. The van der Waals surface area contributed by atoms with Crippen LogP contribution in [0.25, 0.3) is 0 Å². The predicted octanol–water partition coefficient (Wildman–Crippen LogP) is 2.52. The zero-order chi connectivity index (χ0) is 18.1. The molecule has 0 radical (unpaired) electrons. The second-order valence-electron chi connectivity index (χ2n) is 6.61. The summed E-state index contributed by atoms with van der Waals surface area (Å²) in [7, 11) is 0. The Morgan fingerprint density at radius 3 is 2.77 bits per heavy atom. The predicted molar refractivity (Wildman–Crippen MR) is 119 cm³/mol. The van der Waals surface area contributed by atoms with E-state index in [0.29, 0.717) is 13.2 Å². The molecular weight excluding hydrogens is 463 g/mol. The maximum absolute atomic E-state index is 9.33. The molecule has 0 saturated carbocycles. The molecule has 0 aliphatic carbocycles. The molecule has 1 atom stereocenters. The fourth-order valence-corrected chi connectivity index (χ4v) is 4.11. The minimum absolute atomic E-state index is 0. The molecule has 0 bridgehead atoms. The van der Waals surface area contributed by atoms with Crippen LogP contribution in [0.4, 0.5) is 0 Å². The van der Waals surface area contributed by atoms with Gasteiger partial charge in [0, 0.05) is 43.0 Å². The molecule has 1 fully saturated rings. The van der Waals surface area contributed by atoms with Crippen LogP contribution in [0.3, 0.4) is 0 Å². The van der Waals surface area contributed by atoms with Crippen LogP contribution in [0.2, 0.25) is 0 Å². The number of guanidine groups is 1. The smallest absolute Gasteiger partial charge is 0.191 e. The van der Waals surface area contributed by atoms with Crippen molar-refractivity contribution in [2.24, 2.45) is 10.4 Å². The molecule has 1 aliphatic heterocycles. The fourth-order valence-electron chi connectivity index (χ4n) is 3.09. The van der Waals surface area contributed by atoms with E-state index in [2.05, 4.69) is 36.4 Å². The maximum Gasteiger partial charge on any atom is 0.191 e. The lowest BCUT2D eigenvalue weighted by Gasteiger charge is -2.24. The first-order valence-electron chi connectivity index (χ1n) is 9.28. The van der Waals surface area contributed by atoms with E-state index in [1.165, 1.54) is 15.6 Å². The van der Waals surface area contributed by atoms with Gasteiger partial charge >= 0.3 is 0 Å². The van der Waals surface area contributed by atoms with Gasteiger partial charge in [-0.05, 0) is 33.1 Å². The number of aryl methyl sites for hydroxylation is 2. The normalized spacial score (nSPS) is 20.1. The molecule has 0 aromatic carbocycles. The zero-order valence-electron chi connectivity index (χ0n) is 16.1. The monoisotopic (exact) mass is 496 g/mol. The number of aliphatic imine (C=N–C) groups is 1. The van der Waals surface area contributed by atoms with Crippen LogP contribution in [0.1, 0.15) is 42.3 Å². The molecule has 2 rings (SSSR count). The van der Waals surface area contributed by atoms with Crippen molar-refractivity contribution in [3.8, 4) is 0 Å². The van der Waals surface area contributed by atoms with Gasteiger partial charge in [-0.1, -0.05) is 6.92 Å². The number of aliphatic hydroxyl groups excluding tert-OH is 1. The molecule has 1 aromatic heterocycles. The molecule has 1 saturated heterocycles. The molecular formula is C18H33IN4O2S. The third-order valence-electron chi connectivity index (χ3n) is 4.65. The van der Waals surface area contributed by atoms with Gasteiger partial charge in [-0.15, -0.1) is 35.3 Å². The highest BCUT2D eigenvalue weighted by Crippen LogP contribution is 2.32. The van der Waals surface area contributed by atoms with Gasteiger partial charge in [0.1, 0.15) is 0 Å². The number of aromatic nitrogens is 1. The number of nitrogens with one attached hydrogen (secondary N) is 2. The third-order valence-corrected chi connectivity index (χ3v) is 5.72. The first-order chi connectivity index (χ1) is 12.1. The van der Waals surface area contributed by atoms with E-state index < -0.39 is 0 Å². The highest BCUT2D eigenvalue weighted by atomic mass is 127. The van der Waals surface area contributed by atoms with Crippen molar-refractivity contribution in [1.82, 2.24) is 15.6 Å². The highest BCUT2D eigenvalue weighted by molar-refractivity contribution is 14.0. The Morgan fingerprint density at radius 2 is 2.19 bits per heavy atom. The summed E-state index contributed by atoms with van der Waals surface area (Å²) < 4.78 is 5.54. The van der Waals surface area contributed by atoms with Crippen LogP contribution in [0.5, 0.6) is 0 Å². The average molecular weight is 496 g/mol. The third kappa shape index (κ3) is 6.94. The van der Waals surface area contributed by atoms with Gasteiger partial charge in [0.05, 0.1) is 23.9 Å². The van der Waals surface area contributed by atoms with E-state index >= 15 is 0 Å². The van der Waals surface area contributed by atoms with Crippen molar-refractivity contribution in [2.45, 2.75) is 46.5 Å². The summed E-state index contributed by atoms with van der Waals surface area (Å²) in [5.41, 5.74) is 1.20. The molecule has 2 heterocycles. The molecule has 8 heteroatoms. The molecule has 1 aliphatic rings. The van der Waals surface area contributed by atoms with Gasteiger partial charge < -0.3 is 20.5 Å². The van der Waals surface area contributed by atoms with Gasteiger partial charge in [0.25, 0.3) is 0 Å². The second kappa shape index (κ2) is 12.1. The van der Waals surface area contributed by atoms with Crippen molar-refractivity contribution in [3.63, 3.8) is 0 Å². The van der Waals surface area contributed by atoms with Crippen molar-refractivity contribution >= 4 is 41.3 Å². The van der Waals surface area contributed by atoms with Crippen molar-refractivity contribution in [3.05, 3.63) is 15.6 Å². The van der Waals surface area contributed by atoms with Crippen molar-refractivity contribution in [2.75, 3.05) is 39.5 Å². The van der Waals surface area contributed by atoms with Crippen LogP contribution in [-0.4, -0.2) is 55.5 Å². The quantitative estimate of drug-likeness (QED) is 0.278. The topological polar surface area (TPSA) is 78.8 Å². The minimum Gasteiger partial charge on any atom is -0.396 e. The van der Waals surface area contributed by atoms with Gasteiger partial charge in [0.15, 0.2) is 5.96 Å². The molecule has 0 spiro atoms. The summed E-state index contributed by atoms with van der Waals surface area (Å²) in [5, 5.41) is 17.2. The lowest BCUT2D eigenvalue weighted by atomic mass is 9.84. The number of nitrogens with zero attached hydrogens (tertiary/aromatic N) is 2. The lowest BCUT2D eigenvalue weighted by molar-refractivity contribution is 0.131. The molecule has 26 heavy (non-hydrogen) atoms. The van der Waals surface area contributed by atoms with E-state index in [0.717, 1.165) is 51.3 Å². The summed E-state index contributed by atoms with van der Waals surface area (Å²) in [6, 6.07) is 0. The summed E-state index contributed by atoms with van der Waals surface area (Å²) in [6.07, 6.45) is 3.61. The number of hydrogen-bond acceptors (Lipinski definition) is 5. The molecule has 0 amide bonds. The summed E-state index contributed by atoms with van der Waals surface area (Å²) in [6.45, 7) is 10.3. The second-order valence-corrected chi connectivity index (χ2v) is 7.90. The van der Waals surface area contributed by atoms with E-state index in [4.69, 9.17) is 9.73 Å². The van der Waals surface area contributed by atoms with Crippen molar-refractivity contribution in [1.29, 1.82) is 0 Å². The van der Waals surface area contributed by atoms with Crippen LogP contribution in [0, 0.1) is 12.3 Å². The van der Waals surface area contributed by atoms with Crippen LogP contribution >= 0.6 is 35.3 Å². The molecule has 6 nitrogen and oxygen atoms in total. The Kier molecular flexibility index (Phi) is 11.0. The van der Waals surface area contributed by atoms with Crippen LogP contribution < -0.4 is 10.6 Å². The number of hydrogen-bond donors (Lipinski definition) is 3. The van der Waals surface area contributed by atoms with Crippen LogP contribution in [-0.2, 0) is 17.6 Å². The number of halogens is 1. The van der Waals surface area contributed by atoms with E-state index in [9.17, 15) is 5.11 Å². The Bertz CT molecular complexity index is 559. The van der Waals surface area contributed by atoms with Crippen molar-refractivity contribution < 1.29 is 9.84 Å². The van der Waals surface area contributed by atoms with Gasteiger partial charge in [0.2, 0.25) is 0 Å². The number of aliphatic hydroxyl groups is 1. The first-order valence-corrected chi connectivity index (χ1v) is 10.1. The summed E-state index contributed by atoms with van der Waals surface area (Å²) in [4.78, 5) is 10.8. The molecule has 1 unspecified atom stereocenters. The average Bonchev–Trinajstić information content (AvgIpc) is 3.20.